The molecule has 2 aromatic heterocycles. The molecule has 3 heterocycles. The van der Waals surface area contributed by atoms with Gasteiger partial charge in [-0.15, -0.1) is 0 Å². The quantitative estimate of drug-likeness (QED) is 0.200. The van der Waals surface area contributed by atoms with Gasteiger partial charge in [0.15, 0.2) is 5.69 Å². The van der Waals surface area contributed by atoms with Crippen LogP contribution in [0.25, 0.3) is 76.5 Å². The minimum Gasteiger partial charge on any atom is -0.455 e. The van der Waals surface area contributed by atoms with Crippen LogP contribution in [-0.4, -0.2) is 4.57 Å². The zero-order chi connectivity index (χ0) is 28.5. The smallest absolute Gasteiger partial charge is 0.188 e. The second-order valence-electron chi connectivity index (χ2n) is 11.2. The van der Waals surface area contributed by atoms with Crippen molar-refractivity contribution in [2.45, 2.75) is 13.2 Å². The van der Waals surface area contributed by atoms with Gasteiger partial charge in [0.2, 0.25) is 0 Å². The van der Waals surface area contributed by atoms with Crippen LogP contribution in [0.3, 0.4) is 0 Å². The third-order valence-electron chi connectivity index (χ3n) is 8.76. The Hall–Kier alpha value is -5.63. The highest BCUT2D eigenvalue weighted by molar-refractivity contribution is 6.11. The Morgan fingerprint density at radius 1 is 0.581 bits per heavy atom. The molecule has 6 aromatic carbocycles. The number of hydrogen-bond donors (Lipinski definition) is 0. The minimum atomic E-state index is 0.533. The highest BCUT2D eigenvalue weighted by Gasteiger charge is 2.20. The third-order valence-corrected chi connectivity index (χ3v) is 8.76. The molecule has 4 nitrogen and oxygen atoms in total. The Kier molecular flexibility index (Phi) is 5.13. The van der Waals surface area contributed by atoms with Gasteiger partial charge in [0.25, 0.3) is 0 Å². The van der Waals surface area contributed by atoms with E-state index in [2.05, 4.69) is 106 Å². The van der Waals surface area contributed by atoms with E-state index in [1.165, 1.54) is 16.7 Å². The first-order valence-electron chi connectivity index (χ1n) is 14.4. The zero-order valence-electron chi connectivity index (χ0n) is 23.2. The average molecular weight is 553 g/mol. The summed E-state index contributed by atoms with van der Waals surface area (Å²) in [4.78, 5) is 3.67. The lowest BCUT2D eigenvalue weighted by Gasteiger charge is -2.14. The molecule has 0 amide bonds. The summed E-state index contributed by atoms with van der Waals surface area (Å²) >= 11 is 0. The van der Waals surface area contributed by atoms with Crippen LogP contribution >= 0.6 is 0 Å². The summed E-state index contributed by atoms with van der Waals surface area (Å²) < 4.78 is 14.9. The molecule has 0 aliphatic carbocycles. The van der Waals surface area contributed by atoms with Gasteiger partial charge < -0.3 is 13.7 Å². The summed E-state index contributed by atoms with van der Waals surface area (Å²) in [6.45, 7) is 8.61. The molecule has 0 bridgehead atoms. The van der Waals surface area contributed by atoms with Crippen LogP contribution < -0.4 is 0 Å². The first-order chi connectivity index (χ1) is 21.3. The standard InChI is InChI=1S/C39H24N2O2/c1-40-27-15-18-37-35(21-27)31-7-2-4-11-36(31)41(37)28-16-17-29-26(19-28)23-42-22-25-14-13-24(20-34(25)29)30-9-6-10-33-32-8-3-5-12-38(32)43-39(30)33/h2-21H,22-23H2. The van der Waals surface area contributed by atoms with Gasteiger partial charge in [-0.25, -0.2) is 4.85 Å². The number of nitrogens with zero attached hydrogens (tertiary/aromatic N) is 2. The number of ether oxygens (including phenoxy) is 1. The first-order valence-corrected chi connectivity index (χ1v) is 14.4. The van der Waals surface area contributed by atoms with Crippen molar-refractivity contribution in [1.82, 2.24) is 4.57 Å². The van der Waals surface area contributed by atoms with Crippen molar-refractivity contribution < 1.29 is 9.15 Å². The third kappa shape index (κ3) is 3.59. The summed E-state index contributed by atoms with van der Waals surface area (Å²) in [6, 6.07) is 42.3. The number of aromatic nitrogens is 1. The summed E-state index contributed by atoms with van der Waals surface area (Å²) in [5.74, 6) is 0. The van der Waals surface area contributed by atoms with Crippen LogP contribution in [0.5, 0.6) is 0 Å². The van der Waals surface area contributed by atoms with Crippen LogP contribution in [0.2, 0.25) is 0 Å². The molecule has 0 N–H and O–H groups in total. The van der Waals surface area contributed by atoms with Gasteiger partial charge in [-0.2, -0.15) is 0 Å². The van der Waals surface area contributed by atoms with Crippen molar-refractivity contribution in [3.63, 3.8) is 0 Å². The van der Waals surface area contributed by atoms with Gasteiger partial charge in [0, 0.05) is 27.4 Å². The Balaban J connectivity index is 1.21. The van der Waals surface area contributed by atoms with Gasteiger partial charge in [-0.3, -0.25) is 0 Å². The first kappa shape index (κ1) is 24.0. The van der Waals surface area contributed by atoms with Gasteiger partial charge in [0.05, 0.1) is 30.8 Å². The van der Waals surface area contributed by atoms with Crippen LogP contribution in [-0.2, 0) is 18.0 Å². The summed E-state index contributed by atoms with van der Waals surface area (Å²) in [5, 5.41) is 4.50. The molecule has 4 heteroatoms. The van der Waals surface area contributed by atoms with E-state index in [0.717, 1.165) is 66.1 Å². The molecule has 8 aromatic rings. The highest BCUT2D eigenvalue weighted by atomic mass is 16.5. The van der Waals surface area contributed by atoms with Crippen LogP contribution in [0.1, 0.15) is 11.1 Å². The molecule has 1 aliphatic heterocycles. The van der Waals surface area contributed by atoms with Crippen molar-refractivity contribution >= 4 is 49.4 Å². The molecule has 0 spiro atoms. The predicted octanol–water partition coefficient (Wildman–Crippen LogP) is 10.6. The Labute approximate surface area is 247 Å². The van der Waals surface area contributed by atoms with E-state index in [1.807, 2.05) is 24.3 Å². The molecule has 0 atom stereocenters. The number of para-hydroxylation sites is 3. The van der Waals surface area contributed by atoms with Crippen molar-refractivity contribution in [3.8, 4) is 27.9 Å². The summed E-state index contributed by atoms with van der Waals surface area (Å²) in [6.07, 6.45) is 0. The maximum atomic E-state index is 7.52. The number of rotatable bonds is 2. The van der Waals surface area contributed by atoms with E-state index >= 15 is 0 Å². The number of benzene rings is 6. The SMILES string of the molecule is [C-]#[N+]c1ccc2c(c1)c1ccccc1n2-c1ccc2c(c1)COCc1ccc(-c3cccc4c3oc3ccccc34)cc1-2. The molecule has 0 radical (unpaired) electrons. The van der Waals surface area contributed by atoms with Crippen molar-refractivity contribution in [2.24, 2.45) is 0 Å². The molecule has 0 saturated carbocycles. The molecule has 43 heavy (non-hydrogen) atoms. The Bertz CT molecular complexity index is 2450. The molecule has 202 valence electrons. The normalized spacial score (nSPS) is 12.8. The lowest BCUT2D eigenvalue weighted by molar-refractivity contribution is 0.110. The molecule has 0 saturated heterocycles. The molecule has 0 fully saturated rings. The zero-order valence-corrected chi connectivity index (χ0v) is 23.2. The van der Waals surface area contributed by atoms with E-state index in [0.29, 0.717) is 18.9 Å². The molecule has 1 aliphatic rings. The number of furan rings is 1. The highest BCUT2D eigenvalue weighted by Crippen LogP contribution is 2.41. The van der Waals surface area contributed by atoms with Crippen LogP contribution in [0.15, 0.2) is 126 Å². The maximum Gasteiger partial charge on any atom is 0.188 e. The van der Waals surface area contributed by atoms with E-state index in [1.54, 1.807) is 0 Å². The predicted molar refractivity (Wildman–Crippen MR) is 174 cm³/mol. The van der Waals surface area contributed by atoms with Gasteiger partial charge in [-0.05, 0) is 75.7 Å². The van der Waals surface area contributed by atoms with E-state index in [4.69, 9.17) is 15.7 Å². The van der Waals surface area contributed by atoms with E-state index in [9.17, 15) is 0 Å². The summed E-state index contributed by atoms with van der Waals surface area (Å²) in [5.41, 5.74) is 12.7. The minimum absolute atomic E-state index is 0.533. The molecule has 9 rings (SSSR count). The van der Waals surface area contributed by atoms with Gasteiger partial charge in [0.1, 0.15) is 11.2 Å². The largest absolute Gasteiger partial charge is 0.455 e. The topological polar surface area (TPSA) is 31.7 Å². The number of hydrogen-bond acceptors (Lipinski definition) is 2. The Morgan fingerprint density at radius 3 is 2.33 bits per heavy atom. The lowest BCUT2D eigenvalue weighted by atomic mass is 9.92. The van der Waals surface area contributed by atoms with Gasteiger partial charge >= 0.3 is 0 Å². The van der Waals surface area contributed by atoms with Crippen LogP contribution in [0.4, 0.5) is 5.69 Å². The van der Waals surface area contributed by atoms with Crippen molar-refractivity contribution in [2.75, 3.05) is 0 Å². The monoisotopic (exact) mass is 552 g/mol. The van der Waals surface area contributed by atoms with E-state index in [-0.39, 0.29) is 0 Å². The van der Waals surface area contributed by atoms with Gasteiger partial charge in [-0.1, -0.05) is 78.9 Å². The Morgan fingerprint density at radius 2 is 1.40 bits per heavy atom. The summed E-state index contributed by atoms with van der Waals surface area (Å²) in [7, 11) is 0. The van der Waals surface area contributed by atoms with Crippen LogP contribution in [0, 0.1) is 6.57 Å². The fraction of sp³-hybridized carbons (Fsp3) is 0.0513. The second-order valence-corrected chi connectivity index (χ2v) is 11.2. The fourth-order valence-electron chi connectivity index (χ4n) is 6.78. The number of fused-ring (bicyclic) bond motifs is 9. The second kappa shape index (κ2) is 9.19. The fourth-order valence-corrected chi connectivity index (χ4v) is 6.78. The van der Waals surface area contributed by atoms with Crippen molar-refractivity contribution in [1.29, 1.82) is 0 Å². The molecule has 0 unspecified atom stereocenters. The molecular formula is C39H24N2O2. The average Bonchev–Trinajstić information content (AvgIpc) is 3.54. The van der Waals surface area contributed by atoms with E-state index < -0.39 is 0 Å². The molecular weight excluding hydrogens is 528 g/mol. The van der Waals surface area contributed by atoms with Crippen molar-refractivity contribution in [3.05, 3.63) is 144 Å². The lowest BCUT2D eigenvalue weighted by Crippen LogP contribution is -1.97. The maximum absolute atomic E-state index is 7.52.